The van der Waals surface area contributed by atoms with Crippen molar-refractivity contribution >= 4 is 38.6 Å². The molecule has 164 valence electrons. The third-order valence-corrected chi connectivity index (χ3v) is 8.89. The van der Waals surface area contributed by atoms with Gasteiger partial charge in [-0.25, -0.2) is 13.4 Å². The monoisotopic (exact) mass is 466 g/mol. The second-order valence-corrected chi connectivity index (χ2v) is 10.9. The summed E-state index contributed by atoms with van der Waals surface area (Å²) < 4.78 is 29.3. The van der Waals surface area contributed by atoms with Crippen LogP contribution in [0.5, 0.6) is 0 Å². The number of thiophene rings is 1. The highest BCUT2D eigenvalue weighted by Gasteiger charge is 2.33. The fourth-order valence-corrected chi connectivity index (χ4v) is 6.62. The molecule has 0 radical (unpaired) electrons. The number of hydrogen-bond acceptors (Lipinski definition) is 5. The second kappa shape index (κ2) is 8.50. The van der Waals surface area contributed by atoms with Gasteiger partial charge in [0.15, 0.2) is 0 Å². The molecule has 3 aromatic heterocycles. The number of nitrogens with zero attached hydrogens (tertiary/aromatic N) is 3. The largest absolute Gasteiger partial charge is 0.326 e. The maximum Gasteiger partial charge on any atom is 0.252 e. The van der Waals surface area contributed by atoms with Gasteiger partial charge in [0.2, 0.25) is 5.91 Å². The number of fused-ring (bicyclic) bond motifs is 1. The van der Waals surface area contributed by atoms with Crippen LogP contribution < -0.4 is 5.32 Å². The zero-order chi connectivity index (χ0) is 22.1. The van der Waals surface area contributed by atoms with Crippen molar-refractivity contribution in [3.05, 3.63) is 72.4 Å². The third kappa shape index (κ3) is 4.06. The van der Waals surface area contributed by atoms with E-state index in [2.05, 4.69) is 10.3 Å². The zero-order valence-electron chi connectivity index (χ0n) is 17.2. The van der Waals surface area contributed by atoms with E-state index in [4.69, 9.17) is 0 Å². The van der Waals surface area contributed by atoms with Crippen LogP contribution in [0.2, 0.25) is 0 Å². The molecule has 0 unspecified atom stereocenters. The first kappa shape index (κ1) is 20.9. The normalized spacial score (nSPS) is 17.4. The molecule has 1 saturated heterocycles. The van der Waals surface area contributed by atoms with Crippen molar-refractivity contribution < 1.29 is 13.2 Å². The summed E-state index contributed by atoms with van der Waals surface area (Å²) in [6, 6.07) is 16.7. The standard InChI is InChI=1S/C23H22N4O3S2/c28-23(18-5-3-13-27(15-18)32(29,30)22-7-4-14-31-22)24-19-10-8-17(9-11-19)20-16-26-12-2-1-6-21(26)25-20/h1-2,4,6-12,14,16,18H,3,5,13,15H2,(H,24,28)/t18-/m0/s1. The first-order valence-corrected chi connectivity index (χ1v) is 12.7. The molecule has 0 aliphatic carbocycles. The number of pyridine rings is 1. The minimum Gasteiger partial charge on any atom is -0.326 e. The van der Waals surface area contributed by atoms with Gasteiger partial charge in [0.05, 0.1) is 11.6 Å². The Kier molecular flexibility index (Phi) is 5.54. The Hall–Kier alpha value is -3.01. The second-order valence-electron chi connectivity index (χ2n) is 7.79. The number of carbonyl (C=O) groups is 1. The van der Waals surface area contributed by atoms with Crippen molar-refractivity contribution in [2.45, 2.75) is 17.1 Å². The molecule has 4 aromatic rings. The third-order valence-electron chi connectivity index (χ3n) is 5.66. The summed E-state index contributed by atoms with van der Waals surface area (Å²) in [7, 11) is -3.54. The van der Waals surface area contributed by atoms with Gasteiger partial charge in [-0.3, -0.25) is 4.79 Å². The lowest BCUT2D eigenvalue weighted by Crippen LogP contribution is -2.43. The van der Waals surface area contributed by atoms with Crippen LogP contribution in [-0.4, -0.2) is 41.1 Å². The van der Waals surface area contributed by atoms with Crippen LogP contribution in [0.15, 0.2) is 76.6 Å². The Morgan fingerprint density at radius 2 is 1.94 bits per heavy atom. The van der Waals surface area contributed by atoms with Gasteiger partial charge >= 0.3 is 0 Å². The van der Waals surface area contributed by atoms with Crippen molar-refractivity contribution in [1.29, 1.82) is 0 Å². The molecular formula is C23H22N4O3S2. The summed E-state index contributed by atoms with van der Waals surface area (Å²) in [5, 5.41) is 4.69. The van der Waals surface area contributed by atoms with Gasteiger partial charge in [-0.1, -0.05) is 24.3 Å². The molecule has 1 aromatic carbocycles. The summed E-state index contributed by atoms with van der Waals surface area (Å²) in [5.41, 5.74) is 3.37. The smallest absolute Gasteiger partial charge is 0.252 e. The molecule has 1 N–H and O–H groups in total. The summed E-state index contributed by atoms with van der Waals surface area (Å²) in [4.78, 5) is 17.5. The molecule has 1 aliphatic rings. The van der Waals surface area contributed by atoms with Crippen LogP contribution in [0, 0.1) is 5.92 Å². The van der Waals surface area contributed by atoms with E-state index in [9.17, 15) is 13.2 Å². The number of imidazole rings is 1. The Morgan fingerprint density at radius 3 is 2.69 bits per heavy atom. The van der Waals surface area contributed by atoms with E-state index in [1.165, 1.54) is 15.6 Å². The molecule has 0 bridgehead atoms. The number of amides is 1. The molecule has 4 heterocycles. The van der Waals surface area contributed by atoms with E-state index >= 15 is 0 Å². The van der Waals surface area contributed by atoms with Gasteiger partial charge < -0.3 is 9.72 Å². The number of piperidine rings is 1. The molecular weight excluding hydrogens is 444 g/mol. The molecule has 1 atom stereocenters. The van der Waals surface area contributed by atoms with E-state index in [0.29, 0.717) is 29.3 Å². The van der Waals surface area contributed by atoms with Crippen LogP contribution >= 0.6 is 11.3 Å². The van der Waals surface area contributed by atoms with Crippen molar-refractivity contribution in [3.63, 3.8) is 0 Å². The lowest BCUT2D eigenvalue weighted by atomic mass is 9.98. The number of carbonyl (C=O) groups excluding carboxylic acids is 1. The highest BCUT2D eigenvalue weighted by molar-refractivity contribution is 7.91. The molecule has 32 heavy (non-hydrogen) atoms. The highest BCUT2D eigenvalue weighted by Crippen LogP contribution is 2.27. The van der Waals surface area contributed by atoms with E-state index < -0.39 is 10.0 Å². The number of benzene rings is 1. The Bertz CT molecular complexity index is 1310. The maximum absolute atomic E-state index is 12.9. The molecule has 0 spiro atoms. The summed E-state index contributed by atoms with van der Waals surface area (Å²) in [6.45, 7) is 0.642. The fraction of sp³-hybridized carbons (Fsp3) is 0.217. The zero-order valence-corrected chi connectivity index (χ0v) is 18.8. The molecule has 9 heteroatoms. The van der Waals surface area contributed by atoms with Crippen molar-refractivity contribution in [1.82, 2.24) is 13.7 Å². The lowest BCUT2D eigenvalue weighted by molar-refractivity contribution is -0.120. The molecule has 1 fully saturated rings. The average Bonchev–Trinajstić information content (AvgIpc) is 3.50. The topological polar surface area (TPSA) is 83.8 Å². The maximum atomic E-state index is 12.9. The van der Waals surface area contributed by atoms with Crippen molar-refractivity contribution in [3.8, 4) is 11.3 Å². The van der Waals surface area contributed by atoms with Crippen LogP contribution in [0.3, 0.4) is 0 Å². The number of aromatic nitrogens is 2. The number of anilines is 1. The minimum atomic E-state index is -3.54. The van der Waals surface area contributed by atoms with E-state index in [0.717, 1.165) is 16.9 Å². The highest BCUT2D eigenvalue weighted by atomic mass is 32.2. The Labute approximate surface area is 190 Å². The summed E-state index contributed by atoms with van der Waals surface area (Å²) in [5.74, 6) is -0.534. The minimum absolute atomic E-state index is 0.156. The molecule has 5 rings (SSSR count). The van der Waals surface area contributed by atoms with Gasteiger partial charge in [-0.2, -0.15) is 4.31 Å². The van der Waals surface area contributed by atoms with Crippen LogP contribution in [-0.2, 0) is 14.8 Å². The number of sulfonamides is 1. The number of nitrogens with one attached hydrogen (secondary N) is 1. The van der Waals surface area contributed by atoms with E-state index in [1.807, 2.05) is 59.3 Å². The Balaban J connectivity index is 1.26. The molecule has 7 nitrogen and oxygen atoms in total. The van der Waals surface area contributed by atoms with Gasteiger partial charge in [0, 0.05) is 36.7 Å². The van der Waals surface area contributed by atoms with E-state index in [1.54, 1.807) is 17.5 Å². The van der Waals surface area contributed by atoms with Crippen LogP contribution in [0.1, 0.15) is 12.8 Å². The molecule has 0 saturated carbocycles. The van der Waals surface area contributed by atoms with Crippen LogP contribution in [0.25, 0.3) is 16.9 Å². The SMILES string of the molecule is O=C(Nc1ccc(-c2cn3ccccc3n2)cc1)[C@H]1CCCN(S(=O)(=O)c2cccs2)C1. The summed E-state index contributed by atoms with van der Waals surface area (Å²) >= 11 is 1.20. The van der Waals surface area contributed by atoms with Gasteiger partial charge in [0.1, 0.15) is 9.86 Å². The van der Waals surface area contributed by atoms with Gasteiger partial charge in [-0.05, 0) is 48.6 Å². The quantitative estimate of drug-likeness (QED) is 0.480. The van der Waals surface area contributed by atoms with Gasteiger partial charge in [0.25, 0.3) is 10.0 Å². The lowest BCUT2D eigenvalue weighted by Gasteiger charge is -2.30. The summed E-state index contributed by atoms with van der Waals surface area (Å²) in [6.07, 6.45) is 5.25. The fourth-order valence-electron chi connectivity index (χ4n) is 3.95. The average molecular weight is 467 g/mol. The predicted octanol–water partition coefficient (Wildman–Crippen LogP) is 4.10. The number of hydrogen-bond donors (Lipinski definition) is 1. The van der Waals surface area contributed by atoms with Gasteiger partial charge in [-0.15, -0.1) is 11.3 Å². The number of rotatable bonds is 5. The molecule has 1 amide bonds. The van der Waals surface area contributed by atoms with Crippen molar-refractivity contribution in [2.24, 2.45) is 5.92 Å². The molecule has 1 aliphatic heterocycles. The van der Waals surface area contributed by atoms with Crippen LogP contribution in [0.4, 0.5) is 5.69 Å². The van der Waals surface area contributed by atoms with E-state index in [-0.39, 0.29) is 18.4 Å². The first-order valence-electron chi connectivity index (χ1n) is 10.4. The Morgan fingerprint density at radius 1 is 1.09 bits per heavy atom. The van der Waals surface area contributed by atoms with Crippen molar-refractivity contribution in [2.75, 3.05) is 18.4 Å². The predicted molar refractivity (Wildman–Crippen MR) is 125 cm³/mol. The first-order chi connectivity index (χ1) is 15.5.